The Morgan fingerprint density at radius 1 is 1.10 bits per heavy atom. The molecule has 8 heteroatoms. The maximum atomic E-state index is 11.8. The van der Waals surface area contributed by atoms with Gasteiger partial charge in [0.05, 0.1) is 6.54 Å². The van der Waals surface area contributed by atoms with E-state index in [1.54, 1.807) is 0 Å². The van der Waals surface area contributed by atoms with Crippen LogP contribution in [0.1, 0.15) is 53.0 Å². The Kier molecular flexibility index (Phi) is 15.3. The summed E-state index contributed by atoms with van der Waals surface area (Å²) in [5.74, 6) is 1.80. The van der Waals surface area contributed by atoms with Crippen LogP contribution in [0.3, 0.4) is 0 Å². The molecule has 0 bridgehead atoms. The van der Waals surface area contributed by atoms with Crippen LogP contribution in [0, 0.1) is 11.8 Å². The Labute approximate surface area is 198 Å². The van der Waals surface area contributed by atoms with Crippen LogP contribution in [0.2, 0.25) is 0 Å². The molecule has 5 N–H and O–H groups in total. The molecular formula is C22H40IN5O2. The summed E-state index contributed by atoms with van der Waals surface area (Å²) in [7, 11) is 0. The number of hydrogen-bond donors (Lipinski definition) is 5. The minimum absolute atomic E-state index is 0. The number of urea groups is 1. The number of benzene rings is 1. The summed E-state index contributed by atoms with van der Waals surface area (Å²) < 4.78 is 0. The van der Waals surface area contributed by atoms with Crippen molar-refractivity contribution in [1.82, 2.24) is 16.0 Å². The number of aliphatic imine (C=N–C) groups is 1. The van der Waals surface area contributed by atoms with Crippen molar-refractivity contribution in [2.24, 2.45) is 16.8 Å². The van der Waals surface area contributed by atoms with Crippen molar-refractivity contribution in [3.05, 3.63) is 29.8 Å². The summed E-state index contributed by atoms with van der Waals surface area (Å²) in [4.78, 5) is 16.4. The number of hydrogen-bond acceptors (Lipinski definition) is 3. The van der Waals surface area contributed by atoms with Gasteiger partial charge in [0.25, 0.3) is 0 Å². The molecule has 7 nitrogen and oxygen atoms in total. The molecule has 1 unspecified atom stereocenters. The lowest BCUT2D eigenvalue weighted by atomic mass is 9.94. The minimum atomic E-state index is -0.205. The third-order valence-electron chi connectivity index (χ3n) is 4.30. The first kappa shape index (κ1) is 28.5. The van der Waals surface area contributed by atoms with Crippen LogP contribution in [0.5, 0.6) is 0 Å². The number of anilines is 1. The summed E-state index contributed by atoms with van der Waals surface area (Å²) in [6.45, 7) is 12.6. The summed E-state index contributed by atoms with van der Waals surface area (Å²) in [5.41, 5.74) is 1.81. The quantitative estimate of drug-likeness (QED) is 0.169. The lowest BCUT2D eigenvalue weighted by Gasteiger charge is -2.20. The molecule has 1 aromatic carbocycles. The van der Waals surface area contributed by atoms with Gasteiger partial charge in [-0.05, 0) is 63.1 Å². The van der Waals surface area contributed by atoms with Crippen LogP contribution >= 0.6 is 24.0 Å². The van der Waals surface area contributed by atoms with E-state index < -0.39 is 0 Å². The number of carbonyl (C=O) groups is 1. The molecule has 0 aliphatic rings. The fraction of sp³-hybridized carbons (Fsp3) is 0.636. The number of halogens is 1. The highest BCUT2D eigenvalue weighted by Crippen LogP contribution is 2.14. The predicted molar refractivity (Wildman–Crippen MR) is 137 cm³/mol. The first-order valence-corrected chi connectivity index (χ1v) is 10.6. The molecule has 0 spiro atoms. The van der Waals surface area contributed by atoms with Gasteiger partial charge in [0, 0.05) is 31.4 Å². The van der Waals surface area contributed by atoms with Gasteiger partial charge in [-0.3, -0.25) is 0 Å². The van der Waals surface area contributed by atoms with E-state index in [4.69, 9.17) is 0 Å². The summed E-state index contributed by atoms with van der Waals surface area (Å²) in [6, 6.07) is 7.58. The maximum Gasteiger partial charge on any atom is 0.319 e. The van der Waals surface area contributed by atoms with E-state index in [0.29, 0.717) is 18.4 Å². The van der Waals surface area contributed by atoms with Crippen molar-refractivity contribution >= 4 is 41.7 Å². The van der Waals surface area contributed by atoms with Crippen LogP contribution < -0.4 is 21.3 Å². The highest BCUT2D eigenvalue weighted by Gasteiger charge is 2.11. The van der Waals surface area contributed by atoms with Crippen molar-refractivity contribution < 1.29 is 9.90 Å². The third kappa shape index (κ3) is 12.9. The zero-order valence-electron chi connectivity index (χ0n) is 19.0. The van der Waals surface area contributed by atoms with E-state index >= 15 is 0 Å². The normalized spacial score (nSPS) is 12.3. The fourth-order valence-electron chi connectivity index (χ4n) is 3.03. The lowest BCUT2D eigenvalue weighted by Crippen LogP contribution is -2.40. The topological polar surface area (TPSA) is 97.8 Å². The Morgan fingerprint density at radius 2 is 1.77 bits per heavy atom. The number of aliphatic hydroxyl groups excluding tert-OH is 1. The van der Waals surface area contributed by atoms with E-state index in [1.807, 2.05) is 45.0 Å². The van der Waals surface area contributed by atoms with Gasteiger partial charge in [0.15, 0.2) is 5.96 Å². The van der Waals surface area contributed by atoms with Crippen LogP contribution in [0.25, 0.3) is 0 Å². The number of rotatable bonds is 11. The fourth-order valence-corrected chi connectivity index (χ4v) is 3.03. The third-order valence-corrected chi connectivity index (χ3v) is 4.30. The van der Waals surface area contributed by atoms with Gasteiger partial charge < -0.3 is 26.4 Å². The zero-order valence-corrected chi connectivity index (χ0v) is 21.3. The van der Waals surface area contributed by atoms with Crippen molar-refractivity contribution in [3.63, 3.8) is 0 Å². The van der Waals surface area contributed by atoms with Gasteiger partial charge >= 0.3 is 6.03 Å². The molecule has 30 heavy (non-hydrogen) atoms. The Morgan fingerprint density at radius 3 is 2.30 bits per heavy atom. The van der Waals surface area contributed by atoms with Crippen molar-refractivity contribution in [2.75, 3.05) is 25.0 Å². The van der Waals surface area contributed by atoms with E-state index in [-0.39, 0.29) is 42.7 Å². The van der Waals surface area contributed by atoms with E-state index in [9.17, 15) is 9.90 Å². The lowest BCUT2D eigenvalue weighted by molar-refractivity contribution is 0.242. The standard InChI is InChI=1S/C22H39N5O2.HI/c1-6-23-21(25-15-19(11-12-28)13-16(2)3)24-14-18-7-9-20(10-8-18)27-22(29)26-17(4)5;/h7-10,16-17,19,28H,6,11-15H2,1-5H3,(H2,23,24,25)(H2,26,27,29);1H. The Bertz CT molecular complexity index is 620. The molecule has 0 radical (unpaired) electrons. The second-order valence-electron chi connectivity index (χ2n) is 8.03. The molecular weight excluding hydrogens is 493 g/mol. The average Bonchev–Trinajstić information content (AvgIpc) is 2.64. The first-order chi connectivity index (χ1) is 13.8. The monoisotopic (exact) mass is 533 g/mol. The molecule has 2 amide bonds. The van der Waals surface area contributed by atoms with Gasteiger partial charge in [-0.25, -0.2) is 9.79 Å². The van der Waals surface area contributed by atoms with E-state index in [1.165, 1.54) is 0 Å². The van der Waals surface area contributed by atoms with E-state index in [0.717, 1.165) is 43.1 Å². The Balaban J connectivity index is 0.00000841. The molecule has 0 saturated heterocycles. The highest BCUT2D eigenvalue weighted by atomic mass is 127. The Hall–Kier alpha value is -1.55. The highest BCUT2D eigenvalue weighted by molar-refractivity contribution is 14.0. The van der Waals surface area contributed by atoms with Crippen LogP contribution in [-0.4, -0.2) is 42.8 Å². The molecule has 0 saturated carbocycles. The minimum Gasteiger partial charge on any atom is -0.396 e. The summed E-state index contributed by atoms with van der Waals surface area (Å²) in [6.07, 6.45) is 1.87. The largest absolute Gasteiger partial charge is 0.396 e. The van der Waals surface area contributed by atoms with Crippen molar-refractivity contribution in [1.29, 1.82) is 0 Å². The molecule has 0 aromatic heterocycles. The van der Waals surface area contributed by atoms with Gasteiger partial charge in [0.1, 0.15) is 0 Å². The molecule has 0 aliphatic heterocycles. The van der Waals surface area contributed by atoms with Gasteiger partial charge in [0.2, 0.25) is 0 Å². The molecule has 0 aliphatic carbocycles. The van der Waals surface area contributed by atoms with Crippen molar-refractivity contribution in [2.45, 2.75) is 60.0 Å². The smallest absolute Gasteiger partial charge is 0.319 e. The number of aliphatic hydroxyl groups is 1. The zero-order chi connectivity index (χ0) is 21.6. The average molecular weight is 533 g/mol. The number of amides is 2. The van der Waals surface area contributed by atoms with Crippen LogP contribution in [0.15, 0.2) is 29.3 Å². The number of guanidine groups is 1. The van der Waals surface area contributed by atoms with Crippen molar-refractivity contribution in [3.8, 4) is 0 Å². The van der Waals surface area contributed by atoms with Crippen LogP contribution in [-0.2, 0) is 6.54 Å². The number of nitrogens with zero attached hydrogens (tertiary/aromatic N) is 1. The van der Waals surface area contributed by atoms with E-state index in [2.05, 4.69) is 40.1 Å². The predicted octanol–water partition coefficient (Wildman–Crippen LogP) is 3.93. The number of nitrogens with one attached hydrogen (secondary N) is 4. The second-order valence-corrected chi connectivity index (χ2v) is 8.03. The molecule has 0 fully saturated rings. The van der Waals surface area contributed by atoms with Gasteiger partial charge in [-0.2, -0.15) is 0 Å². The first-order valence-electron chi connectivity index (χ1n) is 10.6. The summed E-state index contributed by atoms with van der Waals surface area (Å²) in [5, 5.41) is 21.6. The SMILES string of the molecule is CCNC(=NCc1ccc(NC(=O)NC(C)C)cc1)NCC(CCO)CC(C)C.I. The maximum absolute atomic E-state index is 11.8. The van der Waals surface area contributed by atoms with Gasteiger partial charge in [-0.1, -0.05) is 26.0 Å². The number of carbonyl (C=O) groups excluding carboxylic acids is 1. The molecule has 0 heterocycles. The molecule has 1 rings (SSSR count). The molecule has 172 valence electrons. The second kappa shape index (κ2) is 16.2. The van der Waals surface area contributed by atoms with Gasteiger partial charge in [-0.15, -0.1) is 24.0 Å². The molecule has 1 atom stereocenters. The van der Waals surface area contributed by atoms with Crippen LogP contribution in [0.4, 0.5) is 10.5 Å². The summed E-state index contributed by atoms with van der Waals surface area (Å²) >= 11 is 0. The molecule has 1 aromatic rings.